The van der Waals surface area contributed by atoms with Crippen LogP contribution >= 0.6 is 0 Å². The summed E-state index contributed by atoms with van der Waals surface area (Å²) < 4.78 is 46.6. The predicted molar refractivity (Wildman–Crippen MR) is 110 cm³/mol. The van der Waals surface area contributed by atoms with Crippen molar-refractivity contribution in [3.05, 3.63) is 58.9 Å². The molecule has 0 aliphatic rings. The van der Waals surface area contributed by atoms with Gasteiger partial charge in [0.1, 0.15) is 0 Å². The fourth-order valence-electron chi connectivity index (χ4n) is 2.82. The lowest BCUT2D eigenvalue weighted by atomic mass is 10.1. The number of methoxy groups -OCH3 is 1. The molecule has 158 valence electrons. The number of benzene rings is 2. The van der Waals surface area contributed by atoms with Gasteiger partial charge in [-0.15, -0.1) is 0 Å². The van der Waals surface area contributed by atoms with Crippen LogP contribution in [0.25, 0.3) is 0 Å². The summed E-state index contributed by atoms with van der Waals surface area (Å²) in [6.07, 6.45) is 0. The lowest BCUT2D eigenvalue weighted by Crippen LogP contribution is -2.40. The summed E-state index contributed by atoms with van der Waals surface area (Å²) in [5.41, 5.74) is 0.870. The van der Waals surface area contributed by atoms with E-state index in [0.29, 0.717) is 11.1 Å². The zero-order valence-electron chi connectivity index (χ0n) is 17.5. The van der Waals surface area contributed by atoms with E-state index in [2.05, 4.69) is 4.72 Å². The van der Waals surface area contributed by atoms with E-state index in [1.807, 2.05) is 0 Å². The molecule has 1 amide bonds. The van der Waals surface area contributed by atoms with E-state index < -0.39 is 21.4 Å². The fraction of sp³-hybridized carbons (Fsp3) is 0.381. The minimum atomic E-state index is -3.77. The van der Waals surface area contributed by atoms with E-state index in [1.165, 1.54) is 36.3 Å². The van der Waals surface area contributed by atoms with E-state index in [-0.39, 0.29) is 28.7 Å². The van der Waals surface area contributed by atoms with Crippen LogP contribution in [-0.4, -0.2) is 38.9 Å². The first-order valence-electron chi connectivity index (χ1n) is 9.06. The van der Waals surface area contributed by atoms with Crippen LogP contribution in [0.5, 0.6) is 5.75 Å². The smallest absolute Gasteiger partial charge is 0.254 e. The summed E-state index contributed by atoms with van der Waals surface area (Å²) >= 11 is 0. The Labute approximate surface area is 171 Å². The van der Waals surface area contributed by atoms with Crippen LogP contribution in [0.4, 0.5) is 4.39 Å². The monoisotopic (exact) mass is 422 g/mol. The van der Waals surface area contributed by atoms with Gasteiger partial charge in [-0.05, 0) is 63.1 Å². The summed E-state index contributed by atoms with van der Waals surface area (Å²) in [5.74, 6) is -0.738. The second-order valence-electron chi connectivity index (χ2n) is 7.96. The molecule has 0 bridgehead atoms. The van der Waals surface area contributed by atoms with Gasteiger partial charge in [0.25, 0.3) is 5.91 Å². The SMILES string of the molecule is COc1ccc(CN(C)C(=O)c2cc(S(=O)(=O)NC(C)(C)C)ccc2C)cc1F. The maximum atomic E-state index is 13.9. The average molecular weight is 423 g/mol. The number of rotatable bonds is 6. The molecule has 0 aliphatic carbocycles. The molecule has 0 saturated heterocycles. The minimum Gasteiger partial charge on any atom is -0.494 e. The van der Waals surface area contributed by atoms with Crippen molar-refractivity contribution in [2.45, 2.75) is 44.7 Å². The van der Waals surface area contributed by atoms with Gasteiger partial charge in [0.2, 0.25) is 10.0 Å². The number of hydrogen-bond donors (Lipinski definition) is 1. The predicted octanol–water partition coefficient (Wildman–Crippen LogP) is 3.49. The van der Waals surface area contributed by atoms with Gasteiger partial charge in [-0.25, -0.2) is 17.5 Å². The molecule has 29 heavy (non-hydrogen) atoms. The summed E-state index contributed by atoms with van der Waals surface area (Å²) in [6.45, 7) is 7.13. The highest BCUT2D eigenvalue weighted by Crippen LogP contribution is 2.21. The van der Waals surface area contributed by atoms with E-state index in [4.69, 9.17) is 4.74 Å². The standard InChI is InChI=1S/C21H27FN2O4S/c1-14-7-9-16(29(26,27)23-21(2,3)4)12-17(14)20(25)24(5)13-15-8-10-19(28-6)18(22)11-15/h7-12,23H,13H2,1-6H3. The van der Waals surface area contributed by atoms with Crippen molar-refractivity contribution in [1.82, 2.24) is 9.62 Å². The highest BCUT2D eigenvalue weighted by atomic mass is 32.2. The van der Waals surface area contributed by atoms with Crippen molar-refractivity contribution in [1.29, 1.82) is 0 Å². The third-order valence-electron chi connectivity index (χ3n) is 4.17. The van der Waals surface area contributed by atoms with E-state index in [1.54, 1.807) is 46.9 Å². The quantitative estimate of drug-likeness (QED) is 0.773. The van der Waals surface area contributed by atoms with E-state index in [9.17, 15) is 17.6 Å². The summed E-state index contributed by atoms with van der Waals surface area (Å²) in [6, 6.07) is 8.93. The van der Waals surface area contributed by atoms with Crippen molar-refractivity contribution in [2.24, 2.45) is 0 Å². The number of amides is 1. The average Bonchev–Trinajstić information content (AvgIpc) is 2.59. The van der Waals surface area contributed by atoms with Crippen LogP contribution in [0.1, 0.15) is 42.3 Å². The first-order chi connectivity index (χ1) is 13.3. The molecule has 1 N–H and O–H groups in total. The fourth-order valence-corrected chi connectivity index (χ4v) is 4.26. The van der Waals surface area contributed by atoms with Gasteiger partial charge >= 0.3 is 0 Å². The molecule has 6 nitrogen and oxygen atoms in total. The number of ether oxygens (including phenoxy) is 1. The Kier molecular flexibility index (Phi) is 6.70. The van der Waals surface area contributed by atoms with Crippen LogP contribution in [0.2, 0.25) is 0 Å². The number of sulfonamides is 1. The highest BCUT2D eigenvalue weighted by molar-refractivity contribution is 7.89. The van der Waals surface area contributed by atoms with Crippen molar-refractivity contribution in [2.75, 3.05) is 14.2 Å². The molecule has 0 radical (unpaired) electrons. The van der Waals surface area contributed by atoms with Gasteiger partial charge in [-0.3, -0.25) is 4.79 Å². The van der Waals surface area contributed by atoms with Crippen molar-refractivity contribution < 1.29 is 22.3 Å². The Morgan fingerprint density at radius 3 is 2.38 bits per heavy atom. The second-order valence-corrected chi connectivity index (χ2v) is 9.64. The van der Waals surface area contributed by atoms with Crippen LogP contribution < -0.4 is 9.46 Å². The van der Waals surface area contributed by atoms with Gasteiger partial charge < -0.3 is 9.64 Å². The molecule has 0 saturated carbocycles. The Bertz CT molecular complexity index is 1010. The maximum absolute atomic E-state index is 13.9. The van der Waals surface area contributed by atoms with Crippen molar-refractivity contribution in [3.63, 3.8) is 0 Å². The zero-order valence-corrected chi connectivity index (χ0v) is 18.4. The molecule has 2 aromatic rings. The maximum Gasteiger partial charge on any atom is 0.254 e. The van der Waals surface area contributed by atoms with Gasteiger partial charge in [0, 0.05) is 24.7 Å². The molecule has 0 aromatic heterocycles. The number of nitrogens with zero attached hydrogens (tertiary/aromatic N) is 1. The number of carbonyl (C=O) groups is 1. The number of halogens is 1. The Morgan fingerprint density at radius 1 is 1.17 bits per heavy atom. The van der Waals surface area contributed by atoms with Crippen LogP contribution in [0.3, 0.4) is 0 Å². The number of nitrogens with one attached hydrogen (secondary N) is 1. The number of carbonyl (C=O) groups excluding carboxylic acids is 1. The first-order valence-corrected chi connectivity index (χ1v) is 10.5. The Morgan fingerprint density at radius 2 is 1.83 bits per heavy atom. The summed E-state index contributed by atoms with van der Waals surface area (Å²) in [7, 11) is -0.810. The zero-order chi connectivity index (χ0) is 22.0. The molecule has 0 unspecified atom stereocenters. The van der Waals surface area contributed by atoms with Crippen molar-refractivity contribution >= 4 is 15.9 Å². The third-order valence-corrected chi connectivity index (χ3v) is 5.93. The molecule has 2 rings (SSSR count). The Hall–Kier alpha value is -2.45. The topological polar surface area (TPSA) is 75.7 Å². The minimum absolute atomic E-state index is 0.0188. The molecule has 0 atom stereocenters. The molecule has 0 spiro atoms. The number of hydrogen-bond acceptors (Lipinski definition) is 4. The van der Waals surface area contributed by atoms with Crippen LogP contribution in [0.15, 0.2) is 41.3 Å². The van der Waals surface area contributed by atoms with Crippen LogP contribution in [-0.2, 0) is 16.6 Å². The molecular formula is C21H27FN2O4S. The molecule has 0 heterocycles. The molecular weight excluding hydrogens is 395 g/mol. The second kappa shape index (κ2) is 8.51. The molecule has 8 heteroatoms. The summed E-state index contributed by atoms with van der Waals surface area (Å²) in [5, 5.41) is 0. The van der Waals surface area contributed by atoms with E-state index >= 15 is 0 Å². The van der Waals surface area contributed by atoms with E-state index in [0.717, 1.165) is 0 Å². The highest BCUT2D eigenvalue weighted by Gasteiger charge is 2.24. The first kappa shape index (κ1) is 22.8. The normalized spacial score (nSPS) is 12.0. The van der Waals surface area contributed by atoms with Gasteiger partial charge in [0.05, 0.1) is 12.0 Å². The summed E-state index contributed by atoms with van der Waals surface area (Å²) in [4.78, 5) is 14.4. The van der Waals surface area contributed by atoms with Gasteiger partial charge in [-0.2, -0.15) is 0 Å². The molecule has 0 aliphatic heterocycles. The molecule has 0 fully saturated rings. The lowest BCUT2D eigenvalue weighted by Gasteiger charge is -2.22. The van der Waals surface area contributed by atoms with Gasteiger partial charge in [0.15, 0.2) is 11.6 Å². The largest absolute Gasteiger partial charge is 0.494 e. The van der Waals surface area contributed by atoms with Crippen molar-refractivity contribution in [3.8, 4) is 5.75 Å². The van der Waals surface area contributed by atoms with Crippen LogP contribution in [0, 0.1) is 12.7 Å². The molecule has 2 aromatic carbocycles. The third kappa shape index (κ3) is 5.77. The van der Waals surface area contributed by atoms with Gasteiger partial charge in [-0.1, -0.05) is 12.1 Å². The number of aryl methyl sites for hydroxylation is 1. The Balaban J connectivity index is 2.29. The lowest BCUT2D eigenvalue weighted by molar-refractivity contribution is 0.0784.